The summed E-state index contributed by atoms with van der Waals surface area (Å²) in [6, 6.07) is 29.6. The van der Waals surface area contributed by atoms with Gasteiger partial charge < -0.3 is 14.2 Å². The highest BCUT2D eigenvalue weighted by molar-refractivity contribution is 5.35. The Kier molecular flexibility index (Phi) is 6.75. The second kappa shape index (κ2) is 10.3. The van der Waals surface area contributed by atoms with Crippen molar-refractivity contribution in [1.82, 2.24) is 10.2 Å². The number of rotatable bonds is 9. The lowest BCUT2D eigenvalue weighted by atomic mass is 10.2. The van der Waals surface area contributed by atoms with Gasteiger partial charge in [-0.05, 0) is 29.7 Å². The molecule has 3 aromatic carbocycles. The summed E-state index contributed by atoms with van der Waals surface area (Å²) in [5, 5.41) is 8.53. The fraction of sp³-hybridized carbons (Fsp3) is 0.154. The molecular formula is C26H24N2O3. The highest BCUT2D eigenvalue weighted by Gasteiger charge is 2.12. The second-order valence-electron chi connectivity index (χ2n) is 7.11. The summed E-state index contributed by atoms with van der Waals surface area (Å²) in [5.41, 5.74) is 3.84. The van der Waals surface area contributed by atoms with Crippen molar-refractivity contribution in [2.45, 2.75) is 26.7 Å². The Balaban J connectivity index is 1.49. The molecule has 1 heterocycles. The second-order valence-corrected chi connectivity index (χ2v) is 7.11. The van der Waals surface area contributed by atoms with Crippen molar-refractivity contribution in [3.63, 3.8) is 0 Å². The third-order valence-electron chi connectivity index (χ3n) is 4.70. The Labute approximate surface area is 182 Å². The molecule has 1 aromatic heterocycles. The number of hydrogen-bond donors (Lipinski definition) is 0. The van der Waals surface area contributed by atoms with Crippen molar-refractivity contribution >= 4 is 0 Å². The van der Waals surface area contributed by atoms with Gasteiger partial charge in [0.25, 0.3) is 5.88 Å². The Bertz CT molecular complexity index is 1100. The number of nitrogens with zero attached hydrogens (tertiary/aromatic N) is 2. The molecule has 4 rings (SSSR count). The number of aromatic nitrogens is 2. The molecule has 0 amide bonds. The third-order valence-corrected chi connectivity index (χ3v) is 4.70. The Morgan fingerprint density at radius 3 is 1.84 bits per heavy atom. The first-order chi connectivity index (χ1) is 15.3. The van der Waals surface area contributed by atoms with Gasteiger partial charge in [0, 0.05) is 6.07 Å². The molecule has 0 saturated carbocycles. The van der Waals surface area contributed by atoms with E-state index < -0.39 is 0 Å². The monoisotopic (exact) mass is 412 g/mol. The molecule has 0 unspecified atom stereocenters. The van der Waals surface area contributed by atoms with Gasteiger partial charge in [0.2, 0.25) is 0 Å². The van der Waals surface area contributed by atoms with Crippen LogP contribution in [0.15, 0.2) is 91.0 Å². The number of para-hydroxylation sites is 1. The van der Waals surface area contributed by atoms with Crippen molar-refractivity contribution in [2.75, 3.05) is 0 Å². The maximum Gasteiger partial charge on any atom is 0.276 e. The van der Waals surface area contributed by atoms with Gasteiger partial charge in [-0.15, -0.1) is 10.2 Å². The summed E-state index contributed by atoms with van der Waals surface area (Å²) in [5.74, 6) is 1.72. The van der Waals surface area contributed by atoms with E-state index in [9.17, 15) is 0 Å². The van der Waals surface area contributed by atoms with Crippen LogP contribution in [0, 0.1) is 6.92 Å². The van der Waals surface area contributed by atoms with Crippen molar-refractivity contribution in [1.29, 1.82) is 0 Å². The van der Waals surface area contributed by atoms with E-state index in [0.29, 0.717) is 37.1 Å². The van der Waals surface area contributed by atoms with Crippen LogP contribution in [0.25, 0.3) is 0 Å². The molecule has 0 bridgehead atoms. The zero-order valence-electron chi connectivity index (χ0n) is 17.4. The summed E-state index contributed by atoms with van der Waals surface area (Å²) in [6.45, 7) is 3.09. The van der Waals surface area contributed by atoms with Crippen LogP contribution in [-0.2, 0) is 19.8 Å². The topological polar surface area (TPSA) is 53.5 Å². The van der Waals surface area contributed by atoms with Crippen LogP contribution in [0.4, 0.5) is 0 Å². The van der Waals surface area contributed by atoms with E-state index in [1.807, 2.05) is 97.9 Å². The smallest absolute Gasteiger partial charge is 0.276 e. The van der Waals surface area contributed by atoms with E-state index in [1.54, 1.807) is 0 Å². The van der Waals surface area contributed by atoms with E-state index in [1.165, 1.54) is 0 Å². The largest absolute Gasteiger partial charge is 0.487 e. The summed E-state index contributed by atoms with van der Waals surface area (Å²) in [4.78, 5) is 0. The SMILES string of the molecule is Cc1ccccc1OCc1cc(OCc2ccccc2)c(OCc2ccccc2)nn1. The number of benzene rings is 3. The molecule has 0 N–H and O–H groups in total. The maximum absolute atomic E-state index is 6.05. The quantitative estimate of drug-likeness (QED) is 0.362. The fourth-order valence-corrected chi connectivity index (χ4v) is 3.01. The highest BCUT2D eigenvalue weighted by atomic mass is 16.5. The Hall–Kier alpha value is -3.86. The molecule has 0 atom stereocenters. The average Bonchev–Trinajstić information content (AvgIpc) is 2.83. The van der Waals surface area contributed by atoms with Gasteiger partial charge in [-0.2, -0.15) is 0 Å². The van der Waals surface area contributed by atoms with Gasteiger partial charge >= 0.3 is 0 Å². The van der Waals surface area contributed by atoms with Crippen molar-refractivity contribution in [3.05, 3.63) is 113 Å². The van der Waals surface area contributed by atoms with E-state index in [-0.39, 0.29) is 0 Å². The summed E-state index contributed by atoms with van der Waals surface area (Å²) < 4.78 is 17.9. The van der Waals surface area contributed by atoms with E-state index in [0.717, 1.165) is 22.4 Å². The molecular weight excluding hydrogens is 388 g/mol. The maximum atomic E-state index is 6.05. The zero-order valence-corrected chi connectivity index (χ0v) is 17.4. The Morgan fingerprint density at radius 1 is 0.581 bits per heavy atom. The predicted octanol–water partition coefficient (Wildman–Crippen LogP) is 5.52. The highest BCUT2D eigenvalue weighted by Crippen LogP contribution is 2.27. The lowest BCUT2D eigenvalue weighted by Gasteiger charge is -2.13. The first-order valence-electron chi connectivity index (χ1n) is 10.2. The van der Waals surface area contributed by atoms with Gasteiger partial charge in [0.05, 0.1) is 0 Å². The van der Waals surface area contributed by atoms with Gasteiger partial charge in [-0.25, -0.2) is 0 Å². The Morgan fingerprint density at radius 2 is 1.16 bits per heavy atom. The summed E-state index contributed by atoms with van der Waals surface area (Å²) in [6.07, 6.45) is 0. The molecule has 4 aromatic rings. The van der Waals surface area contributed by atoms with Crippen molar-refractivity contribution in [2.24, 2.45) is 0 Å². The molecule has 31 heavy (non-hydrogen) atoms. The number of aryl methyl sites for hydroxylation is 1. The summed E-state index contributed by atoms with van der Waals surface area (Å²) in [7, 11) is 0. The molecule has 5 heteroatoms. The third kappa shape index (κ3) is 5.82. The van der Waals surface area contributed by atoms with Gasteiger partial charge in [0.1, 0.15) is 31.3 Å². The number of ether oxygens (including phenoxy) is 3. The minimum atomic E-state index is 0.290. The molecule has 5 nitrogen and oxygen atoms in total. The van der Waals surface area contributed by atoms with Gasteiger partial charge in [-0.3, -0.25) is 0 Å². The molecule has 0 aliphatic carbocycles. The van der Waals surface area contributed by atoms with E-state index >= 15 is 0 Å². The van der Waals surface area contributed by atoms with Crippen LogP contribution in [-0.4, -0.2) is 10.2 Å². The van der Waals surface area contributed by atoms with Crippen LogP contribution in [0.5, 0.6) is 17.4 Å². The molecule has 0 radical (unpaired) electrons. The molecule has 0 saturated heterocycles. The van der Waals surface area contributed by atoms with Crippen LogP contribution >= 0.6 is 0 Å². The lowest BCUT2D eigenvalue weighted by molar-refractivity contribution is 0.240. The van der Waals surface area contributed by atoms with E-state index in [2.05, 4.69) is 10.2 Å². The summed E-state index contributed by atoms with van der Waals surface area (Å²) >= 11 is 0. The van der Waals surface area contributed by atoms with Gasteiger partial charge in [-0.1, -0.05) is 78.9 Å². The minimum Gasteiger partial charge on any atom is -0.487 e. The molecule has 0 aliphatic rings. The standard InChI is InChI=1S/C26H24N2O3/c1-20-10-8-9-15-24(20)30-19-23-16-25(29-17-21-11-4-2-5-12-21)26(28-27-23)31-18-22-13-6-3-7-14-22/h2-16H,17-19H2,1H3. The first-order valence-corrected chi connectivity index (χ1v) is 10.2. The van der Waals surface area contributed by atoms with Crippen LogP contribution in [0.2, 0.25) is 0 Å². The van der Waals surface area contributed by atoms with Crippen LogP contribution < -0.4 is 14.2 Å². The van der Waals surface area contributed by atoms with Gasteiger partial charge in [0.15, 0.2) is 5.75 Å². The average molecular weight is 412 g/mol. The zero-order chi connectivity index (χ0) is 21.3. The fourth-order valence-electron chi connectivity index (χ4n) is 3.01. The van der Waals surface area contributed by atoms with Crippen molar-refractivity contribution in [3.8, 4) is 17.4 Å². The van der Waals surface area contributed by atoms with E-state index in [4.69, 9.17) is 14.2 Å². The molecule has 0 spiro atoms. The molecule has 0 fully saturated rings. The molecule has 156 valence electrons. The minimum absolute atomic E-state index is 0.290. The number of hydrogen-bond acceptors (Lipinski definition) is 5. The lowest BCUT2D eigenvalue weighted by Crippen LogP contribution is -2.07. The van der Waals surface area contributed by atoms with Crippen LogP contribution in [0.3, 0.4) is 0 Å². The van der Waals surface area contributed by atoms with Crippen molar-refractivity contribution < 1.29 is 14.2 Å². The molecule has 0 aliphatic heterocycles. The first kappa shape index (κ1) is 20.4. The predicted molar refractivity (Wildman–Crippen MR) is 119 cm³/mol. The van der Waals surface area contributed by atoms with Crippen LogP contribution in [0.1, 0.15) is 22.4 Å². The normalized spacial score (nSPS) is 10.5.